The molecule has 2 saturated heterocycles. The first-order valence-corrected chi connectivity index (χ1v) is 12.9. The summed E-state index contributed by atoms with van der Waals surface area (Å²) in [5.74, 6) is 0.111. The van der Waals surface area contributed by atoms with Crippen molar-refractivity contribution in [1.29, 1.82) is 0 Å². The van der Waals surface area contributed by atoms with Gasteiger partial charge in [-0.15, -0.1) is 0 Å². The second-order valence-corrected chi connectivity index (χ2v) is 10.0. The summed E-state index contributed by atoms with van der Waals surface area (Å²) < 4.78 is 6.22. The SMILES string of the molecule is NC(=O)Cc1ccc(C(=O)N2CCN(c3ccc(OC4CCN(C5CCC5)CC4)cc3)C(=O)C2)cc1. The highest BCUT2D eigenvalue weighted by Crippen LogP contribution is 2.29. The Labute approximate surface area is 212 Å². The molecule has 2 heterocycles. The number of nitrogens with two attached hydrogens (primary N) is 1. The molecule has 8 nitrogen and oxygen atoms in total. The molecule has 8 heteroatoms. The van der Waals surface area contributed by atoms with Crippen LogP contribution in [0.3, 0.4) is 0 Å². The van der Waals surface area contributed by atoms with Crippen LogP contribution in [0.4, 0.5) is 5.69 Å². The first kappa shape index (κ1) is 24.3. The summed E-state index contributed by atoms with van der Waals surface area (Å²) in [5, 5.41) is 0. The Morgan fingerprint density at radius 3 is 2.17 bits per heavy atom. The zero-order chi connectivity index (χ0) is 25.1. The van der Waals surface area contributed by atoms with Crippen molar-refractivity contribution < 1.29 is 19.1 Å². The number of hydrogen-bond acceptors (Lipinski definition) is 5. The zero-order valence-corrected chi connectivity index (χ0v) is 20.6. The molecule has 2 aromatic rings. The lowest BCUT2D eigenvalue weighted by Gasteiger charge is -2.41. The summed E-state index contributed by atoms with van der Waals surface area (Å²) in [6.45, 7) is 3.14. The van der Waals surface area contributed by atoms with Crippen LogP contribution in [0.15, 0.2) is 48.5 Å². The van der Waals surface area contributed by atoms with Gasteiger partial charge in [-0.1, -0.05) is 18.6 Å². The number of benzene rings is 2. The molecule has 0 unspecified atom stereocenters. The number of nitrogens with zero attached hydrogens (tertiary/aromatic N) is 3. The molecule has 0 bridgehead atoms. The Kier molecular flexibility index (Phi) is 7.23. The summed E-state index contributed by atoms with van der Waals surface area (Å²) in [6, 6.07) is 15.3. The van der Waals surface area contributed by atoms with Crippen molar-refractivity contribution in [3.05, 3.63) is 59.7 Å². The average Bonchev–Trinajstić information content (AvgIpc) is 2.84. The van der Waals surface area contributed by atoms with Gasteiger partial charge in [-0.25, -0.2) is 0 Å². The van der Waals surface area contributed by atoms with Crippen LogP contribution in [0.1, 0.15) is 48.0 Å². The maximum atomic E-state index is 12.9. The lowest BCUT2D eigenvalue weighted by molar-refractivity contribution is -0.120. The van der Waals surface area contributed by atoms with Crippen LogP contribution in [-0.4, -0.2) is 72.4 Å². The standard InChI is InChI=1S/C28H34N4O4/c29-26(33)18-20-4-6-21(7-5-20)28(35)31-16-17-32(27(34)19-31)23-8-10-24(11-9-23)36-25-12-14-30(15-13-25)22-2-1-3-22/h4-11,22,25H,1-3,12-19H2,(H2,29,33). The third-order valence-corrected chi connectivity index (χ3v) is 7.61. The number of hydrogen-bond donors (Lipinski definition) is 1. The average molecular weight is 491 g/mol. The van der Waals surface area contributed by atoms with Gasteiger partial charge in [-0.3, -0.25) is 14.4 Å². The molecule has 3 aliphatic rings. The number of likely N-dealkylation sites (tertiary alicyclic amines) is 1. The maximum Gasteiger partial charge on any atom is 0.254 e. The fourth-order valence-electron chi connectivity index (χ4n) is 5.28. The number of carbonyl (C=O) groups excluding carboxylic acids is 3. The van der Waals surface area contributed by atoms with E-state index >= 15 is 0 Å². The third kappa shape index (κ3) is 5.54. The molecule has 0 atom stereocenters. The number of rotatable bonds is 7. The first-order valence-electron chi connectivity index (χ1n) is 12.9. The van der Waals surface area contributed by atoms with Gasteiger partial charge in [0.15, 0.2) is 0 Å². The fourth-order valence-corrected chi connectivity index (χ4v) is 5.28. The minimum Gasteiger partial charge on any atom is -0.490 e. The predicted molar refractivity (Wildman–Crippen MR) is 137 cm³/mol. The van der Waals surface area contributed by atoms with E-state index in [0.29, 0.717) is 18.7 Å². The summed E-state index contributed by atoms with van der Waals surface area (Å²) in [5.41, 5.74) is 7.28. The Morgan fingerprint density at radius 2 is 1.58 bits per heavy atom. The fraction of sp³-hybridized carbons (Fsp3) is 0.464. The van der Waals surface area contributed by atoms with Gasteiger partial charge in [0.2, 0.25) is 11.8 Å². The Bertz CT molecular complexity index is 1090. The van der Waals surface area contributed by atoms with E-state index in [4.69, 9.17) is 10.5 Å². The molecule has 0 aromatic heterocycles. The van der Waals surface area contributed by atoms with Gasteiger partial charge < -0.3 is 25.2 Å². The molecule has 36 heavy (non-hydrogen) atoms. The lowest BCUT2D eigenvalue weighted by Crippen LogP contribution is -2.52. The molecule has 0 spiro atoms. The van der Waals surface area contributed by atoms with Crippen molar-refractivity contribution in [2.24, 2.45) is 5.73 Å². The van der Waals surface area contributed by atoms with Gasteiger partial charge in [0.1, 0.15) is 18.4 Å². The van der Waals surface area contributed by atoms with Crippen LogP contribution in [0, 0.1) is 0 Å². The monoisotopic (exact) mass is 490 g/mol. The van der Waals surface area contributed by atoms with Crippen LogP contribution < -0.4 is 15.4 Å². The predicted octanol–water partition coefficient (Wildman–Crippen LogP) is 2.60. The summed E-state index contributed by atoms with van der Waals surface area (Å²) in [7, 11) is 0. The Morgan fingerprint density at radius 1 is 0.889 bits per heavy atom. The number of piperidine rings is 1. The van der Waals surface area contributed by atoms with Crippen molar-refractivity contribution in [3.63, 3.8) is 0 Å². The van der Waals surface area contributed by atoms with Crippen molar-refractivity contribution in [3.8, 4) is 5.75 Å². The van der Waals surface area contributed by atoms with Gasteiger partial charge in [0.05, 0.1) is 6.42 Å². The van der Waals surface area contributed by atoms with E-state index in [9.17, 15) is 14.4 Å². The van der Waals surface area contributed by atoms with Crippen LogP contribution in [0.2, 0.25) is 0 Å². The quantitative estimate of drug-likeness (QED) is 0.644. The van der Waals surface area contributed by atoms with Gasteiger partial charge in [0, 0.05) is 43.5 Å². The third-order valence-electron chi connectivity index (χ3n) is 7.61. The van der Waals surface area contributed by atoms with Crippen LogP contribution in [0.25, 0.3) is 0 Å². The molecule has 2 aromatic carbocycles. The van der Waals surface area contributed by atoms with E-state index in [0.717, 1.165) is 49.0 Å². The maximum absolute atomic E-state index is 12.9. The van der Waals surface area contributed by atoms with E-state index in [-0.39, 0.29) is 30.9 Å². The molecule has 190 valence electrons. The minimum absolute atomic E-state index is 0.0275. The molecule has 1 aliphatic carbocycles. The number of ether oxygens (including phenoxy) is 1. The lowest BCUT2D eigenvalue weighted by atomic mass is 9.90. The highest BCUT2D eigenvalue weighted by molar-refractivity contribution is 6.01. The van der Waals surface area contributed by atoms with Gasteiger partial charge in [-0.2, -0.15) is 0 Å². The number of carbonyl (C=O) groups is 3. The molecular formula is C28H34N4O4. The van der Waals surface area contributed by atoms with Gasteiger partial charge >= 0.3 is 0 Å². The highest BCUT2D eigenvalue weighted by atomic mass is 16.5. The van der Waals surface area contributed by atoms with E-state index in [1.807, 2.05) is 24.3 Å². The highest BCUT2D eigenvalue weighted by Gasteiger charge is 2.30. The second kappa shape index (κ2) is 10.7. The largest absolute Gasteiger partial charge is 0.490 e. The smallest absolute Gasteiger partial charge is 0.254 e. The molecule has 2 aliphatic heterocycles. The topological polar surface area (TPSA) is 96.2 Å². The van der Waals surface area contributed by atoms with Gasteiger partial charge in [-0.05, 0) is 67.6 Å². The van der Waals surface area contributed by atoms with Crippen LogP contribution >= 0.6 is 0 Å². The van der Waals surface area contributed by atoms with Crippen molar-refractivity contribution in [2.75, 3.05) is 37.6 Å². The van der Waals surface area contributed by atoms with Crippen molar-refractivity contribution in [2.45, 2.75) is 50.7 Å². The number of primary amides is 1. The Hall–Kier alpha value is -3.39. The summed E-state index contributed by atoms with van der Waals surface area (Å²) >= 11 is 0. The van der Waals surface area contributed by atoms with Crippen LogP contribution in [0.5, 0.6) is 5.75 Å². The molecular weight excluding hydrogens is 456 g/mol. The van der Waals surface area contributed by atoms with Crippen molar-refractivity contribution >= 4 is 23.4 Å². The van der Waals surface area contributed by atoms with E-state index in [2.05, 4.69) is 4.90 Å². The molecule has 1 saturated carbocycles. The number of piperazine rings is 1. The second-order valence-electron chi connectivity index (χ2n) is 10.0. The minimum atomic E-state index is -0.417. The summed E-state index contributed by atoms with van der Waals surface area (Å²) in [4.78, 5) is 42.7. The zero-order valence-electron chi connectivity index (χ0n) is 20.6. The van der Waals surface area contributed by atoms with E-state index < -0.39 is 5.91 Å². The molecule has 5 rings (SSSR count). The molecule has 3 fully saturated rings. The van der Waals surface area contributed by atoms with Gasteiger partial charge in [0.25, 0.3) is 5.91 Å². The van der Waals surface area contributed by atoms with E-state index in [1.54, 1.807) is 34.1 Å². The molecule has 3 amide bonds. The first-order chi connectivity index (χ1) is 17.5. The number of anilines is 1. The molecule has 0 radical (unpaired) electrons. The molecule has 2 N–H and O–H groups in total. The van der Waals surface area contributed by atoms with Crippen LogP contribution in [-0.2, 0) is 16.0 Å². The normalized spacial score (nSPS) is 19.7. The van der Waals surface area contributed by atoms with Crippen molar-refractivity contribution in [1.82, 2.24) is 9.80 Å². The van der Waals surface area contributed by atoms with E-state index in [1.165, 1.54) is 19.3 Å². The number of amides is 3. The Balaban J connectivity index is 1.12. The summed E-state index contributed by atoms with van der Waals surface area (Å²) in [6.07, 6.45) is 6.55.